The van der Waals surface area contributed by atoms with Crippen molar-refractivity contribution in [3.63, 3.8) is 0 Å². The quantitative estimate of drug-likeness (QED) is 0.819. The topological polar surface area (TPSA) is 32.3 Å². The third-order valence-corrected chi connectivity index (χ3v) is 3.79. The van der Waals surface area contributed by atoms with E-state index in [0.717, 1.165) is 5.56 Å². The highest BCUT2D eigenvalue weighted by Crippen LogP contribution is 2.16. The van der Waals surface area contributed by atoms with Gasteiger partial charge in [-0.25, -0.2) is 0 Å². The van der Waals surface area contributed by atoms with Gasteiger partial charge >= 0.3 is 0 Å². The monoisotopic (exact) mass is 328 g/mol. The van der Waals surface area contributed by atoms with Crippen LogP contribution in [0.3, 0.4) is 0 Å². The second kappa shape index (κ2) is 8.51. The molecular weight excluding hydrogens is 308 g/mol. The lowest BCUT2D eigenvalue weighted by molar-refractivity contribution is -0.116. The van der Waals surface area contributed by atoms with Crippen molar-refractivity contribution in [2.45, 2.75) is 6.04 Å². The van der Waals surface area contributed by atoms with Crippen molar-refractivity contribution >= 4 is 23.6 Å². The van der Waals surface area contributed by atoms with Crippen LogP contribution < -0.4 is 5.32 Å². The van der Waals surface area contributed by atoms with Crippen molar-refractivity contribution in [3.05, 3.63) is 76.8 Å². The number of likely N-dealkylation sites (N-methyl/N-ethyl adjacent to an activating group) is 1. The van der Waals surface area contributed by atoms with Gasteiger partial charge in [0.2, 0.25) is 5.91 Å². The predicted octanol–water partition coefficient (Wildman–Crippen LogP) is 3.77. The van der Waals surface area contributed by atoms with Gasteiger partial charge in [0, 0.05) is 17.6 Å². The molecule has 120 valence electrons. The van der Waals surface area contributed by atoms with Gasteiger partial charge in [0.05, 0.1) is 6.04 Å². The molecule has 0 bridgehead atoms. The second-order valence-electron chi connectivity index (χ2n) is 5.52. The minimum atomic E-state index is -0.118. The summed E-state index contributed by atoms with van der Waals surface area (Å²) < 4.78 is 0. The van der Waals surface area contributed by atoms with Crippen molar-refractivity contribution < 1.29 is 4.79 Å². The second-order valence-corrected chi connectivity index (χ2v) is 5.96. The zero-order valence-corrected chi connectivity index (χ0v) is 14.1. The smallest absolute Gasteiger partial charge is 0.244 e. The Hall–Kier alpha value is -2.10. The maximum atomic E-state index is 12.0. The van der Waals surface area contributed by atoms with Crippen LogP contribution in [-0.2, 0) is 4.79 Å². The molecule has 3 nitrogen and oxygen atoms in total. The van der Waals surface area contributed by atoms with Gasteiger partial charge in [-0.15, -0.1) is 0 Å². The van der Waals surface area contributed by atoms with Crippen LogP contribution >= 0.6 is 11.6 Å². The molecule has 23 heavy (non-hydrogen) atoms. The molecule has 0 saturated carbocycles. The first-order valence-electron chi connectivity index (χ1n) is 7.49. The fourth-order valence-corrected chi connectivity index (χ4v) is 2.51. The minimum absolute atomic E-state index is 0.118. The van der Waals surface area contributed by atoms with Crippen LogP contribution in [0.2, 0.25) is 5.02 Å². The van der Waals surface area contributed by atoms with Crippen LogP contribution in [0.5, 0.6) is 0 Å². The van der Waals surface area contributed by atoms with E-state index < -0.39 is 0 Å². The van der Waals surface area contributed by atoms with Crippen molar-refractivity contribution in [2.75, 3.05) is 20.6 Å². The third kappa shape index (κ3) is 5.55. The molecule has 1 amide bonds. The zero-order valence-electron chi connectivity index (χ0n) is 13.4. The molecule has 0 unspecified atom stereocenters. The Morgan fingerprint density at radius 1 is 1.17 bits per heavy atom. The van der Waals surface area contributed by atoms with Gasteiger partial charge in [-0.05, 0) is 43.4 Å². The highest BCUT2D eigenvalue weighted by molar-refractivity contribution is 6.30. The summed E-state index contributed by atoms with van der Waals surface area (Å²) in [5.41, 5.74) is 2.08. The van der Waals surface area contributed by atoms with Crippen LogP contribution in [0.15, 0.2) is 60.7 Å². The number of carbonyl (C=O) groups excluding carboxylic acids is 1. The number of benzene rings is 2. The van der Waals surface area contributed by atoms with E-state index in [4.69, 9.17) is 11.6 Å². The van der Waals surface area contributed by atoms with E-state index in [1.807, 2.05) is 50.5 Å². The van der Waals surface area contributed by atoms with Crippen molar-refractivity contribution in [1.29, 1.82) is 0 Å². The van der Waals surface area contributed by atoms with E-state index in [2.05, 4.69) is 22.3 Å². The summed E-state index contributed by atoms with van der Waals surface area (Å²) in [4.78, 5) is 14.1. The highest BCUT2D eigenvalue weighted by atomic mass is 35.5. The van der Waals surface area contributed by atoms with Crippen LogP contribution in [0.1, 0.15) is 17.2 Å². The lowest BCUT2D eigenvalue weighted by Gasteiger charge is -2.24. The fourth-order valence-electron chi connectivity index (χ4n) is 2.31. The summed E-state index contributed by atoms with van der Waals surface area (Å²) >= 11 is 5.93. The summed E-state index contributed by atoms with van der Waals surface area (Å²) in [6.07, 6.45) is 3.29. The molecule has 0 aliphatic heterocycles. The summed E-state index contributed by atoms with van der Waals surface area (Å²) in [6, 6.07) is 17.7. The molecule has 2 rings (SSSR count). The Balaban J connectivity index is 1.94. The SMILES string of the molecule is CN(C)[C@@H](CNC(=O)/C=C/c1cccc(Cl)c1)c1ccccc1. The van der Waals surface area contributed by atoms with Gasteiger partial charge in [-0.1, -0.05) is 54.1 Å². The molecule has 0 saturated heterocycles. The molecule has 0 aliphatic rings. The molecule has 2 aromatic rings. The molecule has 2 aromatic carbocycles. The van der Waals surface area contributed by atoms with E-state index in [0.29, 0.717) is 11.6 Å². The number of rotatable bonds is 6. The van der Waals surface area contributed by atoms with Crippen molar-refractivity contribution in [2.24, 2.45) is 0 Å². The van der Waals surface area contributed by atoms with Crippen LogP contribution in [0, 0.1) is 0 Å². The Morgan fingerprint density at radius 2 is 1.91 bits per heavy atom. The van der Waals surface area contributed by atoms with Gasteiger partial charge < -0.3 is 10.2 Å². The molecule has 0 fully saturated rings. The summed E-state index contributed by atoms with van der Waals surface area (Å²) in [5.74, 6) is -0.118. The van der Waals surface area contributed by atoms with Crippen molar-refractivity contribution in [3.8, 4) is 0 Å². The van der Waals surface area contributed by atoms with Gasteiger partial charge in [0.15, 0.2) is 0 Å². The lowest BCUT2D eigenvalue weighted by Crippen LogP contribution is -2.33. The predicted molar refractivity (Wildman–Crippen MR) is 96.4 cm³/mol. The minimum Gasteiger partial charge on any atom is -0.351 e. The molecule has 0 aromatic heterocycles. The highest BCUT2D eigenvalue weighted by Gasteiger charge is 2.13. The van der Waals surface area contributed by atoms with Gasteiger partial charge in [-0.2, -0.15) is 0 Å². The molecule has 1 atom stereocenters. The summed E-state index contributed by atoms with van der Waals surface area (Å²) in [5, 5.41) is 3.60. The Morgan fingerprint density at radius 3 is 2.57 bits per heavy atom. The number of nitrogens with one attached hydrogen (secondary N) is 1. The molecule has 4 heteroatoms. The average Bonchev–Trinajstić information content (AvgIpc) is 2.54. The normalized spacial score (nSPS) is 12.5. The molecule has 0 radical (unpaired) electrons. The number of amides is 1. The maximum absolute atomic E-state index is 12.0. The van der Waals surface area contributed by atoms with Gasteiger partial charge in [0.25, 0.3) is 0 Å². The van der Waals surface area contributed by atoms with Crippen molar-refractivity contribution in [1.82, 2.24) is 10.2 Å². The Bertz CT molecular complexity index is 668. The van der Waals surface area contributed by atoms with Crippen LogP contribution in [0.25, 0.3) is 6.08 Å². The van der Waals surface area contributed by atoms with E-state index in [9.17, 15) is 4.79 Å². The van der Waals surface area contributed by atoms with E-state index in [-0.39, 0.29) is 11.9 Å². The zero-order chi connectivity index (χ0) is 16.7. The summed E-state index contributed by atoms with van der Waals surface area (Å²) in [6.45, 7) is 0.551. The number of halogens is 1. The van der Waals surface area contributed by atoms with E-state index >= 15 is 0 Å². The Labute approximate surface area is 142 Å². The standard InChI is InChI=1S/C19H21ClN2O/c1-22(2)18(16-8-4-3-5-9-16)14-21-19(23)12-11-15-7-6-10-17(20)13-15/h3-13,18H,14H2,1-2H3,(H,21,23)/b12-11+/t18-/m0/s1. The largest absolute Gasteiger partial charge is 0.351 e. The fraction of sp³-hybridized carbons (Fsp3) is 0.211. The summed E-state index contributed by atoms with van der Waals surface area (Å²) in [7, 11) is 4.01. The number of hydrogen-bond acceptors (Lipinski definition) is 2. The molecule has 0 heterocycles. The van der Waals surface area contributed by atoms with Crippen LogP contribution in [0.4, 0.5) is 0 Å². The Kier molecular flexibility index (Phi) is 6.39. The number of hydrogen-bond donors (Lipinski definition) is 1. The maximum Gasteiger partial charge on any atom is 0.244 e. The first-order chi connectivity index (χ1) is 11.1. The van der Waals surface area contributed by atoms with E-state index in [1.165, 1.54) is 11.6 Å². The molecule has 0 aliphatic carbocycles. The third-order valence-electron chi connectivity index (χ3n) is 3.55. The first kappa shape index (κ1) is 17.3. The number of carbonyl (C=O) groups is 1. The van der Waals surface area contributed by atoms with E-state index in [1.54, 1.807) is 12.1 Å². The first-order valence-corrected chi connectivity index (χ1v) is 7.87. The van der Waals surface area contributed by atoms with Crippen LogP contribution in [-0.4, -0.2) is 31.4 Å². The number of nitrogens with zero attached hydrogens (tertiary/aromatic N) is 1. The molecule has 1 N–H and O–H groups in total. The van der Waals surface area contributed by atoms with Gasteiger partial charge in [0.1, 0.15) is 0 Å². The lowest BCUT2D eigenvalue weighted by atomic mass is 10.1. The van der Waals surface area contributed by atoms with Gasteiger partial charge in [-0.3, -0.25) is 4.79 Å². The molecule has 0 spiro atoms. The average molecular weight is 329 g/mol. The molecular formula is C19H21ClN2O.